The molecule has 1 heteroatoms. The van der Waals surface area contributed by atoms with Gasteiger partial charge in [0.2, 0.25) is 0 Å². The van der Waals surface area contributed by atoms with Gasteiger partial charge in [-0.2, -0.15) is 0 Å². The molecule has 0 atom stereocenters. The third-order valence-corrected chi connectivity index (χ3v) is 2.04. The summed E-state index contributed by atoms with van der Waals surface area (Å²) in [6.07, 6.45) is 0. The molecule has 0 unspecified atom stereocenters. The van der Waals surface area contributed by atoms with Crippen molar-refractivity contribution in [3.05, 3.63) is 0 Å². The second-order valence-electron chi connectivity index (χ2n) is 5.41. The van der Waals surface area contributed by atoms with Gasteiger partial charge in [-0.1, -0.05) is 27.7 Å². The van der Waals surface area contributed by atoms with Gasteiger partial charge in [-0.05, 0) is 32.6 Å². The second-order valence-corrected chi connectivity index (χ2v) is 5.41. The summed E-state index contributed by atoms with van der Waals surface area (Å²) in [4.78, 5) is 0. The molecular weight excluding hydrogens is 146 g/mol. The smallest absolute Gasteiger partial charge is 0.0118 e. The van der Waals surface area contributed by atoms with Crippen LogP contribution in [0.2, 0.25) is 0 Å². The molecule has 0 bridgehead atoms. The van der Waals surface area contributed by atoms with Crippen molar-refractivity contribution in [1.29, 1.82) is 0 Å². The molecule has 1 nitrogen and oxygen atoms in total. The molecule has 12 heavy (non-hydrogen) atoms. The van der Waals surface area contributed by atoms with Crippen LogP contribution in [0, 0.1) is 11.8 Å². The highest BCUT2D eigenvalue weighted by atomic mass is 15.0. The fourth-order valence-electron chi connectivity index (χ4n) is 1.60. The molecule has 0 aliphatic carbocycles. The molecule has 0 heterocycles. The van der Waals surface area contributed by atoms with Gasteiger partial charge in [0.05, 0.1) is 0 Å². The third-order valence-electron chi connectivity index (χ3n) is 2.04. The summed E-state index contributed by atoms with van der Waals surface area (Å²) in [7, 11) is 0. The first-order valence-electron chi connectivity index (χ1n) is 5.01. The van der Waals surface area contributed by atoms with E-state index in [-0.39, 0.29) is 5.54 Å². The fourth-order valence-corrected chi connectivity index (χ4v) is 1.60. The van der Waals surface area contributed by atoms with Crippen LogP contribution in [0.4, 0.5) is 0 Å². The lowest BCUT2D eigenvalue weighted by atomic mass is 9.91. The van der Waals surface area contributed by atoms with Crippen molar-refractivity contribution in [1.82, 2.24) is 5.32 Å². The van der Waals surface area contributed by atoms with E-state index < -0.39 is 0 Å². The van der Waals surface area contributed by atoms with Crippen LogP contribution in [0.3, 0.4) is 0 Å². The summed E-state index contributed by atoms with van der Waals surface area (Å²) in [5.41, 5.74) is 0.235. The molecule has 0 radical (unpaired) electrons. The van der Waals surface area contributed by atoms with Crippen molar-refractivity contribution in [3.8, 4) is 0 Å². The van der Waals surface area contributed by atoms with Gasteiger partial charge in [0.1, 0.15) is 0 Å². The second kappa shape index (κ2) is 4.27. The van der Waals surface area contributed by atoms with E-state index in [4.69, 9.17) is 0 Å². The zero-order chi connectivity index (χ0) is 9.94. The van der Waals surface area contributed by atoms with Crippen molar-refractivity contribution < 1.29 is 0 Å². The molecule has 0 aromatic rings. The summed E-state index contributed by atoms with van der Waals surface area (Å²) in [6, 6.07) is 0.630. The van der Waals surface area contributed by atoms with E-state index in [1.807, 2.05) is 0 Å². The number of hydrogen-bond donors (Lipinski definition) is 1. The van der Waals surface area contributed by atoms with Gasteiger partial charge in [-0.25, -0.2) is 0 Å². The van der Waals surface area contributed by atoms with E-state index in [0.29, 0.717) is 17.9 Å². The van der Waals surface area contributed by atoms with E-state index >= 15 is 0 Å². The quantitative estimate of drug-likeness (QED) is 0.688. The lowest BCUT2D eigenvalue weighted by molar-refractivity contribution is 0.249. The van der Waals surface area contributed by atoms with Gasteiger partial charge in [0.25, 0.3) is 0 Å². The van der Waals surface area contributed by atoms with Gasteiger partial charge in [0, 0.05) is 11.6 Å². The Morgan fingerprint density at radius 3 is 1.25 bits per heavy atom. The van der Waals surface area contributed by atoms with E-state index in [2.05, 4.69) is 53.8 Å². The summed E-state index contributed by atoms with van der Waals surface area (Å²) in [5.74, 6) is 1.42. The molecule has 0 saturated carbocycles. The average Bonchev–Trinajstić information content (AvgIpc) is 1.79. The standard InChI is InChI=1S/C11H25N/c1-8(2)10(9(3)4)12-11(5,6)7/h8-10,12H,1-7H3. The van der Waals surface area contributed by atoms with Crippen molar-refractivity contribution in [2.24, 2.45) is 11.8 Å². The minimum Gasteiger partial charge on any atom is -0.309 e. The van der Waals surface area contributed by atoms with Crippen LogP contribution < -0.4 is 5.32 Å². The van der Waals surface area contributed by atoms with Crippen LogP contribution in [0.1, 0.15) is 48.5 Å². The average molecular weight is 171 g/mol. The Morgan fingerprint density at radius 1 is 0.833 bits per heavy atom. The van der Waals surface area contributed by atoms with E-state index in [9.17, 15) is 0 Å². The summed E-state index contributed by atoms with van der Waals surface area (Å²) in [6.45, 7) is 15.8. The molecule has 0 fully saturated rings. The van der Waals surface area contributed by atoms with E-state index in [0.717, 1.165) is 0 Å². The first-order chi connectivity index (χ1) is 5.24. The van der Waals surface area contributed by atoms with Crippen molar-refractivity contribution >= 4 is 0 Å². The lowest BCUT2D eigenvalue weighted by Gasteiger charge is -2.33. The van der Waals surface area contributed by atoms with Crippen molar-refractivity contribution in [2.45, 2.75) is 60.0 Å². The van der Waals surface area contributed by atoms with Crippen LogP contribution >= 0.6 is 0 Å². The minimum atomic E-state index is 0.235. The topological polar surface area (TPSA) is 12.0 Å². The maximum Gasteiger partial charge on any atom is 0.0118 e. The zero-order valence-electron chi connectivity index (χ0n) is 9.73. The fraction of sp³-hybridized carbons (Fsp3) is 1.00. The molecular formula is C11H25N. The normalized spacial score (nSPS) is 13.5. The SMILES string of the molecule is CC(C)C(NC(C)(C)C)C(C)C. The van der Waals surface area contributed by atoms with Crippen molar-refractivity contribution in [2.75, 3.05) is 0 Å². The Bertz CT molecular complexity index is 111. The first-order valence-corrected chi connectivity index (χ1v) is 5.01. The van der Waals surface area contributed by atoms with Crippen LogP contribution in [-0.2, 0) is 0 Å². The van der Waals surface area contributed by atoms with Crippen molar-refractivity contribution in [3.63, 3.8) is 0 Å². The maximum absolute atomic E-state index is 3.66. The summed E-state index contributed by atoms with van der Waals surface area (Å²) < 4.78 is 0. The highest BCUT2D eigenvalue weighted by molar-refractivity contribution is 4.81. The third kappa shape index (κ3) is 4.76. The van der Waals surface area contributed by atoms with Crippen LogP contribution in [-0.4, -0.2) is 11.6 Å². The highest BCUT2D eigenvalue weighted by Gasteiger charge is 2.22. The predicted octanol–water partition coefficient (Wildman–Crippen LogP) is 3.06. The molecule has 0 spiro atoms. The summed E-state index contributed by atoms with van der Waals surface area (Å²) in [5, 5.41) is 3.66. The number of nitrogens with one attached hydrogen (secondary N) is 1. The van der Waals surface area contributed by atoms with Gasteiger partial charge in [-0.15, -0.1) is 0 Å². The Kier molecular flexibility index (Phi) is 4.25. The molecule has 0 aliphatic heterocycles. The minimum absolute atomic E-state index is 0.235. The Labute approximate surface area is 77.9 Å². The lowest BCUT2D eigenvalue weighted by Crippen LogP contribution is -2.48. The summed E-state index contributed by atoms with van der Waals surface area (Å²) >= 11 is 0. The Hall–Kier alpha value is -0.0400. The maximum atomic E-state index is 3.66. The highest BCUT2D eigenvalue weighted by Crippen LogP contribution is 2.15. The van der Waals surface area contributed by atoms with Gasteiger partial charge in [0.15, 0.2) is 0 Å². The van der Waals surface area contributed by atoms with Crippen LogP contribution in [0.25, 0.3) is 0 Å². The van der Waals surface area contributed by atoms with Crippen LogP contribution in [0.15, 0.2) is 0 Å². The molecule has 74 valence electrons. The molecule has 1 N–H and O–H groups in total. The van der Waals surface area contributed by atoms with E-state index in [1.54, 1.807) is 0 Å². The van der Waals surface area contributed by atoms with Crippen LogP contribution in [0.5, 0.6) is 0 Å². The number of rotatable bonds is 3. The first kappa shape index (κ1) is 12.0. The van der Waals surface area contributed by atoms with Gasteiger partial charge >= 0.3 is 0 Å². The molecule has 0 saturated heterocycles. The molecule has 0 aromatic heterocycles. The molecule has 0 rings (SSSR count). The molecule has 0 aromatic carbocycles. The monoisotopic (exact) mass is 171 g/mol. The van der Waals surface area contributed by atoms with E-state index in [1.165, 1.54) is 0 Å². The Balaban J connectivity index is 4.15. The Morgan fingerprint density at radius 2 is 1.17 bits per heavy atom. The van der Waals surface area contributed by atoms with Gasteiger partial charge < -0.3 is 5.32 Å². The predicted molar refractivity (Wildman–Crippen MR) is 56.4 cm³/mol. The zero-order valence-corrected chi connectivity index (χ0v) is 9.73. The molecule has 0 aliphatic rings. The molecule has 0 amide bonds. The number of hydrogen-bond acceptors (Lipinski definition) is 1. The largest absolute Gasteiger partial charge is 0.309 e. The van der Waals surface area contributed by atoms with Gasteiger partial charge in [-0.3, -0.25) is 0 Å².